The van der Waals surface area contributed by atoms with Crippen LogP contribution >= 0.6 is 0 Å². The maximum absolute atomic E-state index is 12.2. The van der Waals surface area contributed by atoms with Crippen LogP contribution in [-0.2, 0) is 4.79 Å². The van der Waals surface area contributed by atoms with Crippen LogP contribution in [0.3, 0.4) is 0 Å². The number of hydrogen-bond acceptors (Lipinski definition) is 2. The molecule has 5 heteroatoms. The van der Waals surface area contributed by atoms with Crippen LogP contribution in [0.1, 0.15) is 24.8 Å². The highest BCUT2D eigenvalue weighted by molar-refractivity contribution is 5.92. The van der Waals surface area contributed by atoms with E-state index in [9.17, 15) is 9.59 Å². The molecule has 0 aromatic heterocycles. The summed E-state index contributed by atoms with van der Waals surface area (Å²) in [5.41, 5.74) is 2.49. The molecule has 2 aromatic rings. The van der Waals surface area contributed by atoms with Crippen LogP contribution < -0.4 is 16.0 Å². The number of amides is 3. The molecule has 0 saturated heterocycles. The van der Waals surface area contributed by atoms with Crippen LogP contribution in [0.4, 0.5) is 16.2 Å². The van der Waals surface area contributed by atoms with E-state index in [1.807, 2.05) is 37.3 Å². The molecule has 0 fully saturated rings. The normalized spacial score (nSPS) is 11.2. The fourth-order valence-electron chi connectivity index (χ4n) is 2.37. The number of anilines is 2. The lowest BCUT2D eigenvalue weighted by molar-refractivity contribution is -0.116. The van der Waals surface area contributed by atoms with Crippen LogP contribution in [0.15, 0.2) is 67.3 Å². The van der Waals surface area contributed by atoms with Crippen molar-refractivity contribution in [3.05, 3.63) is 72.8 Å². The molecule has 3 N–H and O–H groups in total. The van der Waals surface area contributed by atoms with Crippen LogP contribution in [-0.4, -0.2) is 18.5 Å². The first-order chi connectivity index (χ1) is 12.1. The van der Waals surface area contributed by atoms with Gasteiger partial charge in [-0.25, -0.2) is 4.79 Å². The van der Waals surface area contributed by atoms with Crippen molar-refractivity contribution in [3.8, 4) is 0 Å². The number of carbonyl (C=O) groups excluding carboxylic acids is 2. The first kappa shape index (κ1) is 18.3. The third-order valence-corrected chi connectivity index (χ3v) is 3.69. The van der Waals surface area contributed by atoms with Crippen molar-refractivity contribution in [2.75, 3.05) is 17.2 Å². The number of hydrogen-bond donors (Lipinski definition) is 3. The molecule has 0 heterocycles. The molecule has 2 aromatic carbocycles. The zero-order valence-electron chi connectivity index (χ0n) is 14.3. The van der Waals surface area contributed by atoms with E-state index in [-0.39, 0.29) is 17.9 Å². The molecular formula is C20H23N3O2. The van der Waals surface area contributed by atoms with Gasteiger partial charge < -0.3 is 16.0 Å². The van der Waals surface area contributed by atoms with Crippen molar-refractivity contribution in [2.24, 2.45) is 0 Å². The second-order valence-corrected chi connectivity index (χ2v) is 5.77. The van der Waals surface area contributed by atoms with Gasteiger partial charge in [-0.15, -0.1) is 6.58 Å². The molecule has 2 rings (SSSR count). The van der Waals surface area contributed by atoms with Gasteiger partial charge in [0.1, 0.15) is 0 Å². The summed E-state index contributed by atoms with van der Waals surface area (Å²) in [6.45, 7) is 5.97. The Bertz CT molecular complexity index is 711. The van der Waals surface area contributed by atoms with Gasteiger partial charge >= 0.3 is 6.03 Å². The average Bonchev–Trinajstić information content (AvgIpc) is 2.62. The third kappa shape index (κ3) is 6.14. The molecule has 0 saturated carbocycles. The fourth-order valence-corrected chi connectivity index (χ4v) is 2.37. The van der Waals surface area contributed by atoms with Gasteiger partial charge in [0.2, 0.25) is 5.91 Å². The summed E-state index contributed by atoms with van der Waals surface area (Å²) in [5.74, 6) is 0.108. The van der Waals surface area contributed by atoms with E-state index in [1.165, 1.54) is 0 Å². The Morgan fingerprint density at radius 3 is 2.20 bits per heavy atom. The molecule has 1 unspecified atom stereocenters. The van der Waals surface area contributed by atoms with Gasteiger partial charge in [-0.2, -0.15) is 0 Å². The van der Waals surface area contributed by atoms with Gasteiger partial charge in [0.05, 0.1) is 0 Å². The van der Waals surface area contributed by atoms with Gasteiger partial charge in [0.15, 0.2) is 0 Å². The molecule has 1 atom stereocenters. The first-order valence-electron chi connectivity index (χ1n) is 8.19. The lowest BCUT2D eigenvalue weighted by Crippen LogP contribution is -2.28. The van der Waals surface area contributed by atoms with E-state index < -0.39 is 0 Å². The molecular weight excluding hydrogens is 314 g/mol. The maximum atomic E-state index is 12.2. The van der Waals surface area contributed by atoms with E-state index >= 15 is 0 Å². The summed E-state index contributed by atoms with van der Waals surface area (Å²) in [4.78, 5) is 23.7. The quantitative estimate of drug-likeness (QED) is 0.665. The van der Waals surface area contributed by atoms with Gasteiger partial charge in [-0.3, -0.25) is 4.79 Å². The number of nitrogens with one attached hydrogen (secondary N) is 3. The molecule has 3 amide bonds. The number of urea groups is 1. The first-order valence-corrected chi connectivity index (χ1v) is 8.19. The molecule has 0 spiro atoms. The van der Waals surface area contributed by atoms with Gasteiger partial charge in [-0.05, 0) is 35.7 Å². The number of benzene rings is 2. The molecule has 0 aliphatic carbocycles. The lowest BCUT2D eigenvalue weighted by Gasteiger charge is -2.12. The summed E-state index contributed by atoms with van der Waals surface area (Å²) < 4.78 is 0. The summed E-state index contributed by atoms with van der Waals surface area (Å²) in [6.07, 6.45) is 2.02. The standard InChI is InChI=1S/C20H23N3O2/c1-3-13-21-20(25)23-18-11-9-17(10-12-18)22-19(24)14-15(2)16-7-5-4-6-8-16/h3-12,15H,1,13-14H2,2H3,(H,22,24)(H2,21,23,25). The van der Waals surface area contributed by atoms with Gasteiger partial charge in [-0.1, -0.05) is 43.3 Å². The number of rotatable bonds is 7. The summed E-state index contributed by atoms with van der Waals surface area (Å²) in [5, 5.41) is 8.20. The average molecular weight is 337 g/mol. The van der Waals surface area contributed by atoms with Crippen molar-refractivity contribution in [3.63, 3.8) is 0 Å². The van der Waals surface area contributed by atoms with E-state index in [0.29, 0.717) is 24.3 Å². The highest BCUT2D eigenvalue weighted by atomic mass is 16.2. The van der Waals surface area contributed by atoms with E-state index in [4.69, 9.17) is 0 Å². The summed E-state index contributed by atoms with van der Waals surface area (Å²) >= 11 is 0. The maximum Gasteiger partial charge on any atom is 0.319 e. The Morgan fingerprint density at radius 2 is 1.60 bits per heavy atom. The molecule has 25 heavy (non-hydrogen) atoms. The van der Waals surface area contributed by atoms with E-state index in [2.05, 4.69) is 22.5 Å². The summed E-state index contributed by atoms with van der Waals surface area (Å²) in [7, 11) is 0. The highest BCUT2D eigenvalue weighted by Gasteiger charge is 2.11. The highest BCUT2D eigenvalue weighted by Crippen LogP contribution is 2.20. The topological polar surface area (TPSA) is 70.2 Å². The number of carbonyl (C=O) groups is 2. The van der Waals surface area contributed by atoms with Crippen LogP contribution in [0.2, 0.25) is 0 Å². The van der Waals surface area contributed by atoms with Crippen LogP contribution in [0.5, 0.6) is 0 Å². The van der Waals surface area contributed by atoms with E-state index in [1.54, 1.807) is 30.3 Å². The molecule has 0 bridgehead atoms. The fraction of sp³-hybridized carbons (Fsp3) is 0.200. The molecule has 5 nitrogen and oxygen atoms in total. The Hall–Kier alpha value is -3.08. The van der Waals surface area contributed by atoms with Gasteiger partial charge in [0, 0.05) is 24.3 Å². The zero-order chi connectivity index (χ0) is 18.1. The largest absolute Gasteiger partial charge is 0.334 e. The molecule has 0 aliphatic rings. The molecule has 0 aliphatic heterocycles. The summed E-state index contributed by atoms with van der Waals surface area (Å²) in [6, 6.07) is 16.7. The van der Waals surface area contributed by atoms with Crippen molar-refractivity contribution in [1.82, 2.24) is 5.32 Å². The Kier molecular flexibility index (Phi) is 6.77. The second-order valence-electron chi connectivity index (χ2n) is 5.77. The van der Waals surface area contributed by atoms with E-state index in [0.717, 1.165) is 5.56 Å². The van der Waals surface area contributed by atoms with Crippen LogP contribution in [0.25, 0.3) is 0 Å². The Balaban J connectivity index is 1.85. The predicted octanol–water partition coefficient (Wildman–Crippen LogP) is 4.13. The minimum absolute atomic E-state index is 0.0409. The predicted molar refractivity (Wildman–Crippen MR) is 102 cm³/mol. The zero-order valence-corrected chi connectivity index (χ0v) is 14.3. The second kappa shape index (κ2) is 9.27. The molecule has 130 valence electrons. The SMILES string of the molecule is C=CCNC(=O)Nc1ccc(NC(=O)CC(C)c2ccccc2)cc1. The minimum atomic E-state index is -0.298. The smallest absolute Gasteiger partial charge is 0.319 e. The van der Waals surface area contributed by atoms with Crippen molar-refractivity contribution in [2.45, 2.75) is 19.3 Å². The Morgan fingerprint density at radius 1 is 1.00 bits per heavy atom. The lowest BCUT2D eigenvalue weighted by atomic mass is 9.97. The van der Waals surface area contributed by atoms with Gasteiger partial charge in [0.25, 0.3) is 0 Å². The third-order valence-electron chi connectivity index (χ3n) is 3.69. The monoisotopic (exact) mass is 337 g/mol. The van der Waals surface area contributed by atoms with Crippen molar-refractivity contribution in [1.29, 1.82) is 0 Å². The van der Waals surface area contributed by atoms with Crippen molar-refractivity contribution < 1.29 is 9.59 Å². The molecule has 0 radical (unpaired) electrons. The minimum Gasteiger partial charge on any atom is -0.334 e. The van der Waals surface area contributed by atoms with Crippen LogP contribution in [0, 0.1) is 0 Å². The van der Waals surface area contributed by atoms with Crippen molar-refractivity contribution >= 4 is 23.3 Å². The Labute approximate surface area is 148 Å².